The summed E-state index contributed by atoms with van der Waals surface area (Å²) in [5, 5.41) is 15.7. The third-order valence-electron chi connectivity index (χ3n) is 4.53. The maximum atomic E-state index is 11.8. The van der Waals surface area contributed by atoms with E-state index in [4.69, 9.17) is 9.47 Å². The molecule has 0 radical (unpaired) electrons. The lowest BCUT2D eigenvalue weighted by atomic mass is 10.1. The van der Waals surface area contributed by atoms with Gasteiger partial charge in [0.15, 0.2) is 11.5 Å². The van der Waals surface area contributed by atoms with Crippen molar-refractivity contribution in [1.29, 1.82) is 0 Å². The van der Waals surface area contributed by atoms with Gasteiger partial charge < -0.3 is 19.9 Å². The first-order valence-electron chi connectivity index (χ1n) is 8.76. The van der Waals surface area contributed by atoms with Gasteiger partial charge in [-0.05, 0) is 17.7 Å². The fourth-order valence-corrected chi connectivity index (χ4v) is 4.28. The van der Waals surface area contributed by atoms with E-state index in [-0.39, 0.29) is 5.56 Å². The molecule has 2 heterocycles. The van der Waals surface area contributed by atoms with Crippen molar-refractivity contribution in [3.05, 3.63) is 58.1 Å². The van der Waals surface area contributed by atoms with Crippen LogP contribution in [0.25, 0.3) is 21.3 Å². The number of halogens is 1. The Morgan fingerprint density at radius 1 is 1.10 bits per heavy atom. The predicted octanol–water partition coefficient (Wildman–Crippen LogP) is 5.58. The minimum Gasteiger partial charge on any atom is -0.493 e. The molecule has 0 atom stereocenters. The van der Waals surface area contributed by atoms with E-state index in [9.17, 15) is 9.90 Å². The summed E-state index contributed by atoms with van der Waals surface area (Å²) >= 11 is 4.95. The smallest absolute Gasteiger partial charge is 0.337 e. The number of aromatic carboxylic acids is 1. The van der Waals surface area contributed by atoms with Gasteiger partial charge in [0.05, 0.1) is 30.9 Å². The summed E-state index contributed by atoms with van der Waals surface area (Å²) in [5.74, 6) is 0.157. The van der Waals surface area contributed by atoms with Gasteiger partial charge >= 0.3 is 5.97 Å². The molecule has 0 aliphatic carbocycles. The van der Waals surface area contributed by atoms with Crippen molar-refractivity contribution in [2.75, 3.05) is 19.5 Å². The third kappa shape index (κ3) is 3.69. The largest absolute Gasteiger partial charge is 0.493 e. The minimum atomic E-state index is -1.10. The zero-order chi connectivity index (χ0) is 21.3. The Morgan fingerprint density at radius 3 is 2.47 bits per heavy atom. The SMILES string of the molecule is COc1cc(Nc2ncnc3scc(-c4ccc(Br)cc4)c23)c(C(=O)O)cc1OC. The zero-order valence-corrected chi connectivity index (χ0v) is 18.4. The molecule has 7 nitrogen and oxygen atoms in total. The number of fused-ring (bicyclic) bond motifs is 1. The Hall–Kier alpha value is -3.17. The Labute approximate surface area is 184 Å². The van der Waals surface area contributed by atoms with Crippen LogP contribution in [0.3, 0.4) is 0 Å². The average Bonchev–Trinajstić information content (AvgIpc) is 3.19. The van der Waals surface area contributed by atoms with E-state index in [2.05, 4.69) is 31.2 Å². The lowest BCUT2D eigenvalue weighted by Crippen LogP contribution is -2.06. The van der Waals surface area contributed by atoms with Crippen molar-refractivity contribution < 1.29 is 19.4 Å². The zero-order valence-electron chi connectivity index (χ0n) is 16.0. The van der Waals surface area contributed by atoms with Crippen molar-refractivity contribution in [2.45, 2.75) is 0 Å². The van der Waals surface area contributed by atoms with Crippen LogP contribution in [-0.2, 0) is 0 Å². The molecule has 0 saturated heterocycles. The van der Waals surface area contributed by atoms with E-state index in [0.29, 0.717) is 23.0 Å². The van der Waals surface area contributed by atoms with Gasteiger partial charge in [-0.25, -0.2) is 14.8 Å². The number of aromatic nitrogens is 2. The van der Waals surface area contributed by atoms with E-state index >= 15 is 0 Å². The number of hydrogen-bond acceptors (Lipinski definition) is 7. The van der Waals surface area contributed by atoms with Crippen LogP contribution in [0, 0.1) is 0 Å². The first-order chi connectivity index (χ1) is 14.5. The van der Waals surface area contributed by atoms with Gasteiger partial charge in [0.2, 0.25) is 0 Å². The Bertz CT molecular complexity index is 1240. The van der Waals surface area contributed by atoms with Crippen molar-refractivity contribution in [3.63, 3.8) is 0 Å². The van der Waals surface area contributed by atoms with Crippen molar-refractivity contribution >= 4 is 55.0 Å². The van der Waals surface area contributed by atoms with Gasteiger partial charge in [-0.1, -0.05) is 28.1 Å². The predicted molar refractivity (Wildman–Crippen MR) is 120 cm³/mol. The van der Waals surface area contributed by atoms with Gasteiger partial charge in [-0.3, -0.25) is 0 Å². The number of carboxylic acids is 1. The molecule has 2 aromatic heterocycles. The van der Waals surface area contributed by atoms with Crippen molar-refractivity contribution in [1.82, 2.24) is 9.97 Å². The Kier molecular flexibility index (Phi) is 5.56. The Morgan fingerprint density at radius 2 is 1.80 bits per heavy atom. The van der Waals surface area contributed by atoms with Crippen LogP contribution in [0.4, 0.5) is 11.5 Å². The molecular formula is C21H16BrN3O4S. The molecule has 2 aromatic carbocycles. The van der Waals surface area contributed by atoms with Crippen LogP contribution in [0.5, 0.6) is 11.5 Å². The number of carboxylic acid groups (broad SMARTS) is 1. The monoisotopic (exact) mass is 485 g/mol. The van der Waals surface area contributed by atoms with Crippen molar-refractivity contribution in [2.24, 2.45) is 0 Å². The molecule has 0 amide bonds. The van der Waals surface area contributed by atoms with Crippen LogP contribution >= 0.6 is 27.3 Å². The maximum Gasteiger partial charge on any atom is 0.337 e. The van der Waals surface area contributed by atoms with Crippen LogP contribution < -0.4 is 14.8 Å². The fraction of sp³-hybridized carbons (Fsp3) is 0.0952. The van der Waals surface area contributed by atoms with E-state index in [1.807, 2.05) is 29.6 Å². The van der Waals surface area contributed by atoms with Gasteiger partial charge in [0, 0.05) is 27.5 Å². The molecule has 9 heteroatoms. The highest BCUT2D eigenvalue weighted by molar-refractivity contribution is 9.10. The summed E-state index contributed by atoms with van der Waals surface area (Å²) in [6.07, 6.45) is 1.45. The first kappa shape index (κ1) is 20.1. The van der Waals surface area contributed by atoms with Crippen LogP contribution in [0.1, 0.15) is 10.4 Å². The number of carbonyl (C=O) groups is 1. The molecule has 0 aliphatic rings. The van der Waals surface area contributed by atoms with E-state index < -0.39 is 5.97 Å². The molecule has 0 bridgehead atoms. The number of benzene rings is 2. The summed E-state index contributed by atoms with van der Waals surface area (Å²) in [7, 11) is 2.95. The second kappa shape index (κ2) is 8.29. The summed E-state index contributed by atoms with van der Waals surface area (Å²) < 4.78 is 11.5. The molecule has 0 spiro atoms. The average molecular weight is 486 g/mol. The highest BCUT2D eigenvalue weighted by Gasteiger charge is 2.19. The summed E-state index contributed by atoms with van der Waals surface area (Å²) in [5.41, 5.74) is 2.35. The highest BCUT2D eigenvalue weighted by Crippen LogP contribution is 2.40. The number of hydrogen-bond donors (Lipinski definition) is 2. The first-order valence-corrected chi connectivity index (χ1v) is 10.4. The number of nitrogens with zero attached hydrogens (tertiary/aromatic N) is 2. The number of ether oxygens (including phenoxy) is 2. The molecular weight excluding hydrogens is 470 g/mol. The van der Waals surface area contributed by atoms with Crippen LogP contribution in [0.2, 0.25) is 0 Å². The number of nitrogens with one attached hydrogen (secondary N) is 1. The van der Waals surface area contributed by atoms with E-state index in [1.165, 1.54) is 38.0 Å². The quantitative estimate of drug-likeness (QED) is 0.368. The number of anilines is 2. The Balaban J connectivity index is 1.86. The molecule has 0 aliphatic heterocycles. The summed E-state index contributed by atoms with van der Waals surface area (Å²) in [6.45, 7) is 0. The van der Waals surface area contributed by atoms with E-state index in [0.717, 1.165) is 25.8 Å². The van der Waals surface area contributed by atoms with Gasteiger partial charge in [0.1, 0.15) is 17.0 Å². The molecule has 0 unspecified atom stereocenters. The van der Waals surface area contributed by atoms with Gasteiger partial charge in [-0.2, -0.15) is 0 Å². The second-order valence-electron chi connectivity index (χ2n) is 6.24. The standard InChI is InChI=1S/C21H16BrN3O4S/c1-28-16-7-13(21(26)27)15(8-17(16)29-2)25-19-18-14(9-30-20(18)24-10-23-19)11-3-5-12(22)6-4-11/h3-10H,1-2H3,(H,26,27)(H,23,24,25). The third-order valence-corrected chi connectivity index (χ3v) is 5.95. The van der Waals surface area contributed by atoms with E-state index in [1.54, 1.807) is 6.07 Å². The fourth-order valence-electron chi connectivity index (χ4n) is 3.10. The summed E-state index contributed by atoms with van der Waals surface area (Å²) in [4.78, 5) is 21.4. The topological polar surface area (TPSA) is 93.6 Å². The molecule has 2 N–H and O–H groups in total. The molecule has 4 aromatic rings. The lowest BCUT2D eigenvalue weighted by Gasteiger charge is -2.15. The molecule has 30 heavy (non-hydrogen) atoms. The summed E-state index contributed by atoms with van der Waals surface area (Å²) in [6, 6.07) is 10.9. The van der Waals surface area contributed by atoms with Crippen molar-refractivity contribution in [3.8, 4) is 22.6 Å². The molecule has 4 rings (SSSR count). The maximum absolute atomic E-state index is 11.8. The number of rotatable bonds is 6. The van der Waals surface area contributed by atoms with Gasteiger partial charge in [-0.15, -0.1) is 11.3 Å². The molecule has 152 valence electrons. The lowest BCUT2D eigenvalue weighted by molar-refractivity contribution is 0.0697. The normalized spacial score (nSPS) is 10.8. The number of methoxy groups -OCH3 is 2. The van der Waals surface area contributed by atoms with Crippen LogP contribution in [-0.4, -0.2) is 35.3 Å². The highest BCUT2D eigenvalue weighted by atomic mass is 79.9. The minimum absolute atomic E-state index is 0.0415. The van der Waals surface area contributed by atoms with Gasteiger partial charge in [0.25, 0.3) is 0 Å². The molecule has 0 saturated carbocycles. The van der Waals surface area contributed by atoms with Crippen LogP contribution in [0.15, 0.2) is 52.6 Å². The number of thiophene rings is 1. The second-order valence-corrected chi connectivity index (χ2v) is 8.02. The molecule has 0 fully saturated rings.